The van der Waals surface area contributed by atoms with Crippen LogP contribution in [0.15, 0.2) is 24.3 Å². The third kappa shape index (κ3) is 4.06. The van der Waals surface area contributed by atoms with Gasteiger partial charge in [-0.1, -0.05) is 24.1 Å². The van der Waals surface area contributed by atoms with Gasteiger partial charge in [0.25, 0.3) is 5.91 Å². The van der Waals surface area contributed by atoms with E-state index >= 15 is 0 Å². The maximum atomic E-state index is 12.4. The van der Waals surface area contributed by atoms with E-state index in [1.165, 1.54) is 19.3 Å². The van der Waals surface area contributed by atoms with Crippen LogP contribution in [0, 0.1) is 0 Å². The molecule has 0 aliphatic carbocycles. The van der Waals surface area contributed by atoms with Crippen LogP contribution in [0.25, 0.3) is 0 Å². The molecular formula is C18H25ClN2O2. The molecule has 1 N–H and O–H groups in total. The molecule has 0 atom stereocenters. The first kappa shape index (κ1) is 16.7. The zero-order chi connectivity index (χ0) is 16.1. The van der Waals surface area contributed by atoms with Crippen LogP contribution < -0.4 is 5.32 Å². The van der Waals surface area contributed by atoms with Crippen molar-refractivity contribution in [1.29, 1.82) is 0 Å². The molecular weight excluding hydrogens is 312 g/mol. The number of nitrogens with zero attached hydrogens (tertiary/aromatic N) is 1. The summed E-state index contributed by atoms with van der Waals surface area (Å²) in [7, 11) is 0. The average Bonchev–Trinajstić information content (AvgIpc) is 2.61. The monoisotopic (exact) mass is 336 g/mol. The molecule has 126 valence electrons. The molecule has 1 aromatic rings. The molecule has 2 fully saturated rings. The molecule has 2 heterocycles. The van der Waals surface area contributed by atoms with Crippen molar-refractivity contribution in [2.45, 2.75) is 37.6 Å². The Bertz CT molecular complexity index is 538. The van der Waals surface area contributed by atoms with Crippen molar-refractivity contribution >= 4 is 17.5 Å². The van der Waals surface area contributed by atoms with Gasteiger partial charge >= 0.3 is 0 Å². The van der Waals surface area contributed by atoms with E-state index in [4.69, 9.17) is 16.3 Å². The van der Waals surface area contributed by atoms with Crippen molar-refractivity contribution in [2.24, 2.45) is 0 Å². The van der Waals surface area contributed by atoms with Crippen LogP contribution in [0.1, 0.15) is 42.5 Å². The van der Waals surface area contributed by atoms with Crippen molar-refractivity contribution < 1.29 is 9.53 Å². The quantitative estimate of drug-likeness (QED) is 0.918. The van der Waals surface area contributed by atoms with Crippen LogP contribution in [0.3, 0.4) is 0 Å². The van der Waals surface area contributed by atoms with Gasteiger partial charge in [0, 0.05) is 35.9 Å². The zero-order valence-electron chi connectivity index (χ0n) is 13.5. The molecule has 0 bridgehead atoms. The lowest BCUT2D eigenvalue weighted by atomic mass is 9.86. The minimum atomic E-state index is -0.0459. The standard InChI is InChI=1S/C18H25ClN2O2/c19-16-6-4-5-15(13-16)17(22)20-14-18(7-11-23-12-8-18)21-9-2-1-3-10-21/h4-6,13H,1-3,7-12,14H2,(H,20,22). The third-order valence-electron chi connectivity index (χ3n) is 5.12. The first-order valence-electron chi connectivity index (χ1n) is 8.56. The fourth-order valence-corrected chi connectivity index (χ4v) is 3.89. The number of benzene rings is 1. The number of ether oxygens (including phenoxy) is 1. The van der Waals surface area contributed by atoms with Crippen LogP contribution in [-0.4, -0.2) is 49.2 Å². The lowest BCUT2D eigenvalue weighted by molar-refractivity contribution is -0.0349. The number of hydrogen-bond donors (Lipinski definition) is 1. The van der Waals surface area contributed by atoms with Gasteiger partial charge in [0.2, 0.25) is 0 Å². The van der Waals surface area contributed by atoms with Gasteiger partial charge in [-0.15, -0.1) is 0 Å². The second kappa shape index (κ2) is 7.65. The number of piperidine rings is 1. The van der Waals surface area contributed by atoms with Crippen molar-refractivity contribution in [1.82, 2.24) is 10.2 Å². The van der Waals surface area contributed by atoms with Crippen LogP contribution in [0.4, 0.5) is 0 Å². The Morgan fingerprint density at radius 1 is 1.22 bits per heavy atom. The molecule has 1 amide bonds. The maximum Gasteiger partial charge on any atom is 0.251 e. The topological polar surface area (TPSA) is 41.6 Å². The summed E-state index contributed by atoms with van der Waals surface area (Å²) in [6.07, 6.45) is 5.80. The van der Waals surface area contributed by atoms with Crippen LogP contribution >= 0.6 is 11.6 Å². The number of amides is 1. The molecule has 2 saturated heterocycles. The third-order valence-corrected chi connectivity index (χ3v) is 5.35. The second-order valence-corrected chi connectivity index (χ2v) is 7.01. The minimum absolute atomic E-state index is 0.0459. The lowest BCUT2D eigenvalue weighted by Crippen LogP contribution is -2.59. The fourth-order valence-electron chi connectivity index (χ4n) is 3.70. The SMILES string of the molecule is O=C(NCC1(N2CCCCC2)CCOCC1)c1cccc(Cl)c1. The first-order chi connectivity index (χ1) is 11.2. The largest absolute Gasteiger partial charge is 0.381 e. The molecule has 0 saturated carbocycles. The molecule has 4 nitrogen and oxygen atoms in total. The number of carbonyl (C=O) groups excluding carboxylic acids is 1. The van der Waals surface area contributed by atoms with Gasteiger partial charge in [0.05, 0.1) is 0 Å². The van der Waals surface area contributed by atoms with E-state index in [2.05, 4.69) is 10.2 Å². The van der Waals surface area contributed by atoms with Gasteiger partial charge in [0.1, 0.15) is 0 Å². The first-order valence-corrected chi connectivity index (χ1v) is 8.94. The van der Waals surface area contributed by atoms with E-state index in [1.807, 2.05) is 6.07 Å². The van der Waals surface area contributed by atoms with Crippen molar-refractivity contribution in [3.8, 4) is 0 Å². The molecule has 3 rings (SSSR count). The summed E-state index contributed by atoms with van der Waals surface area (Å²) in [6, 6.07) is 7.12. The Kier molecular flexibility index (Phi) is 5.57. The summed E-state index contributed by atoms with van der Waals surface area (Å²) in [6.45, 7) is 4.51. The molecule has 2 aliphatic heterocycles. The highest BCUT2D eigenvalue weighted by Gasteiger charge is 2.39. The van der Waals surface area contributed by atoms with E-state index in [-0.39, 0.29) is 11.4 Å². The number of halogens is 1. The van der Waals surface area contributed by atoms with Gasteiger partial charge in [-0.3, -0.25) is 9.69 Å². The molecule has 23 heavy (non-hydrogen) atoms. The second-order valence-electron chi connectivity index (χ2n) is 6.58. The summed E-state index contributed by atoms with van der Waals surface area (Å²) in [5.74, 6) is -0.0459. The van der Waals surface area contributed by atoms with E-state index in [0.717, 1.165) is 39.1 Å². The Balaban J connectivity index is 1.67. The average molecular weight is 337 g/mol. The van der Waals surface area contributed by atoms with Gasteiger partial charge in [0.15, 0.2) is 0 Å². The molecule has 0 aromatic heterocycles. The summed E-state index contributed by atoms with van der Waals surface area (Å²) >= 11 is 5.98. The van der Waals surface area contributed by atoms with E-state index in [1.54, 1.807) is 18.2 Å². The Labute approximate surface area is 143 Å². The molecule has 2 aliphatic rings. The molecule has 0 unspecified atom stereocenters. The van der Waals surface area contributed by atoms with Crippen molar-refractivity contribution in [2.75, 3.05) is 32.8 Å². The summed E-state index contributed by atoms with van der Waals surface area (Å²) in [4.78, 5) is 15.0. The van der Waals surface area contributed by atoms with Gasteiger partial charge in [-0.05, 0) is 57.0 Å². The maximum absolute atomic E-state index is 12.4. The highest BCUT2D eigenvalue weighted by Crippen LogP contribution is 2.30. The number of nitrogens with one attached hydrogen (secondary N) is 1. The Morgan fingerprint density at radius 3 is 2.65 bits per heavy atom. The zero-order valence-corrected chi connectivity index (χ0v) is 14.3. The predicted octanol–water partition coefficient (Wildman–Crippen LogP) is 3.10. The molecule has 0 radical (unpaired) electrons. The Hall–Kier alpha value is -1.10. The predicted molar refractivity (Wildman–Crippen MR) is 92.0 cm³/mol. The number of hydrogen-bond acceptors (Lipinski definition) is 3. The molecule has 1 aromatic carbocycles. The minimum Gasteiger partial charge on any atom is -0.381 e. The molecule has 5 heteroatoms. The van der Waals surface area contributed by atoms with Crippen LogP contribution in [0.5, 0.6) is 0 Å². The van der Waals surface area contributed by atoms with Gasteiger partial charge in [-0.25, -0.2) is 0 Å². The number of rotatable bonds is 4. The summed E-state index contributed by atoms with van der Waals surface area (Å²) in [5.41, 5.74) is 0.672. The summed E-state index contributed by atoms with van der Waals surface area (Å²) in [5, 5.41) is 3.73. The normalized spacial score (nSPS) is 21.8. The smallest absolute Gasteiger partial charge is 0.251 e. The van der Waals surface area contributed by atoms with E-state index in [0.29, 0.717) is 17.1 Å². The van der Waals surface area contributed by atoms with E-state index < -0.39 is 0 Å². The summed E-state index contributed by atoms with van der Waals surface area (Å²) < 4.78 is 5.57. The molecule has 0 spiro atoms. The lowest BCUT2D eigenvalue weighted by Gasteiger charge is -2.48. The fraction of sp³-hybridized carbons (Fsp3) is 0.611. The van der Waals surface area contributed by atoms with Crippen LogP contribution in [-0.2, 0) is 4.74 Å². The van der Waals surface area contributed by atoms with Gasteiger partial charge in [-0.2, -0.15) is 0 Å². The Morgan fingerprint density at radius 2 is 1.96 bits per heavy atom. The highest BCUT2D eigenvalue weighted by molar-refractivity contribution is 6.30. The number of carbonyl (C=O) groups is 1. The van der Waals surface area contributed by atoms with Crippen molar-refractivity contribution in [3.05, 3.63) is 34.9 Å². The number of likely N-dealkylation sites (tertiary alicyclic amines) is 1. The van der Waals surface area contributed by atoms with Crippen molar-refractivity contribution in [3.63, 3.8) is 0 Å². The van der Waals surface area contributed by atoms with E-state index in [9.17, 15) is 4.79 Å². The van der Waals surface area contributed by atoms with Gasteiger partial charge < -0.3 is 10.1 Å². The highest BCUT2D eigenvalue weighted by atomic mass is 35.5. The van der Waals surface area contributed by atoms with Crippen LogP contribution in [0.2, 0.25) is 5.02 Å².